The van der Waals surface area contributed by atoms with Gasteiger partial charge < -0.3 is 14.2 Å². The summed E-state index contributed by atoms with van der Waals surface area (Å²) in [6.45, 7) is 1.52. The minimum absolute atomic E-state index is 0.119. The number of carbonyl (C=O) groups is 1. The van der Waals surface area contributed by atoms with Crippen molar-refractivity contribution in [2.45, 2.75) is 31.6 Å². The molecule has 126 valence electrons. The maximum atomic E-state index is 12.3. The van der Waals surface area contributed by atoms with Gasteiger partial charge in [-0.15, -0.1) is 0 Å². The summed E-state index contributed by atoms with van der Waals surface area (Å²) in [5.41, 5.74) is 0.785. The van der Waals surface area contributed by atoms with Gasteiger partial charge >= 0.3 is 0 Å². The number of pyridine rings is 1. The predicted molar refractivity (Wildman–Crippen MR) is 85.4 cm³/mol. The molecule has 3 heterocycles. The standard InChI is InChI=1S/C17H20N4O3/c1-23-14-7-6-12(9-18-14)15-19-16(24-20-15)13-3-2-8-21(10-13)17(22)11-4-5-11/h6-7,9,11,13H,2-5,8,10H2,1H3/t13-/m0/s1. The minimum Gasteiger partial charge on any atom is -0.481 e. The number of amides is 1. The Balaban J connectivity index is 1.48. The topological polar surface area (TPSA) is 81.4 Å². The smallest absolute Gasteiger partial charge is 0.231 e. The van der Waals surface area contributed by atoms with Gasteiger partial charge in [0.2, 0.25) is 23.5 Å². The Kier molecular flexibility index (Phi) is 3.92. The molecule has 1 saturated heterocycles. The van der Waals surface area contributed by atoms with Crippen LogP contribution >= 0.6 is 0 Å². The van der Waals surface area contributed by atoms with Crippen molar-refractivity contribution in [2.24, 2.45) is 5.92 Å². The zero-order valence-corrected chi connectivity index (χ0v) is 13.6. The van der Waals surface area contributed by atoms with Crippen LogP contribution in [0.3, 0.4) is 0 Å². The molecule has 2 aromatic rings. The Bertz CT molecular complexity index is 724. The number of ether oxygens (including phenoxy) is 1. The number of piperidine rings is 1. The van der Waals surface area contributed by atoms with Crippen LogP contribution in [0.2, 0.25) is 0 Å². The van der Waals surface area contributed by atoms with Crippen LogP contribution in [-0.4, -0.2) is 46.1 Å². The van der Waals surface area contributed by atoms with Crippen LogP contribution in [0.4, 0.5) is 0 Å². The van der Waals surface area contributed by atoms with Crippen molar-refractivity contribution >= 4 is 5.91 Å². The average Bonchev–Trinajstić information content (AvgIpc) is 3.38. The van der Waals surface area contributed by atoms with Crippen LogP contribution in [0, 0.1) is 5.92 Å². The highest BCUT2D eigenvalue weighted by molar-refractivity contribution is 5.81. The molecule has 1 aliphatic carbocycles. The van der Waals surface area contributed by atoms with Gasteiger partial charge in [0, 0.05) is 36.8 Å². The second-order valence-corrected chi connectivity index (χ2v) is 6.44. The SMILES string of the molecule is COc1ccc(-c2noc([C@H]3CCCN(C(=O)C4CC4)C3)n2)cn1. The Morgan fingerprint density at radius 3 is 2.92 bits per heavy atom. The summed E-state index contributed by atoms with van der Waals surface area (Å²) in [6, 6.07) is 3.62. The number of carbonyl (C=O) groups excluding carboxylic acids is 1. The molecule has 0 aromatic carbocycles. The van der Waals surface area contributed by atoms with Crippen LogP contribution in [0.15, 0.2) is 22.9 Å². The average molecular weight is 328 g/mol. The van der Waals surface area contributed by atoms with Crippen LogP contribution in [0.1, 0.15) is 37.5 Å². The lowest BCUT2D eigenvalue weighted by molar-refractivity contribution is -0.133. The Morgan fingerprint density at radius 2 is 2.21 bits per heavy atom. The first-order chi connectivity index (χ1) is 11.7. The van der Waals surface area contributed by atoms with Gasteiger partial charge in [0.25, 0.3) is 0 Å². The summed E-state index contributed by atoms with van der Waals surface area (Å²) in [7, 11) is 1.58. The van der Waals surface area contributed by atoms with Crippen LogP contribution in [0.25, 0.3) is 11.4 Å². The number of nitrogens with zero attached hydrogens (tertiary/aromatic N) is 4. The molecule has 2 aromatic heterocycles. The lowest BCUT2D eigenvalue weighted by Gasteiger charge is -2.31. The molecule has 0 spiro atoms. The van der Waals surface area contributed by atoms with Crippen molar-refractivity contribution < 1.29 is 14.1 Å². The molecule has 0 unspecified atom stereocenters. The molecule has 1 atom stereocenters. The van der Waals surface area contributed by atoms with Crippen molar-refractivity contribution in [1.29, 1.82) is 0 Å². The van der Waals surface area contributed by atoms with Gasteiger partial charge in [-0.2, -0.15) is 4.98 Å². The second-order valence-electron chi connectivity index (χ2n) is 6.44. The summed E-state index contributed by atoms with van der Waals surface area (Å²) < 4.78 is 10.5. The fourth-order valence-electron chi connectivity index (χ4n) is 3.12. The fraction of sp³-hybridized carbons (Fsp3) is 0.529. The highest BCUT2D eigenvalue weighted by atomic mass is 16.5. The van der Waals surface area contributed by atoms with E-state index in [4.69, 9.17) is 9.26 Å². The molecule has 0 N–H and O–H groups in total. The fourth-order valence-corrected chi connectivity index (χ4v) is 3.12. The summed E-state index contributed by atoms with van der Waals surface area (Å²) >= 11 is 0. The third kappa shape index (κ3) is 2.98. The second kappa shape index (κ2) is 6.22. The van der Waals surface area contributed by atoms with Crippen molar-refractivity contribution in [3.8, 4) is 17.3 Å². The maximum Gasteiger partial charge on any atom is 0.231 e. The van der Waals surface area contributed by atoms with E-state index in [2.05, 4.69) is 15.1 Å². The predicted octanol–water partition coefficient (Wildman–Crippen LogP) is 2.26. The third-order valence-electron chi connectivity index (χ3n) is 4.65. The third-order valence-corrected chi connectivity index (χ3v) is 4.65. The van der Waals surface area contributed by atoms with Gasteiger partial charge in [0.05, 0.1) is 13.0 Å². The molecular formula is C17H20N4O3. The monoisotopic (exact) mass is 328 g/mol. The van der Waals surface area contributed by atoms with E-state index in [9.17, 15) is 4.79 Å². The Morgan fingerprint density at radius 1 is 1.33 bits per heavy atom. The molecule has 1 amide bonds. The number of hydrogen-bond acceptors (Lipinski definition) is 6. The molecule has 2 fully saturated rings. The van der Waals surface area contributed by atoms with Crippen molar-refractivity contribution in [1.82, 2.24) is 20.0 Å². The van der Waals surface area contributed by atoms with Gasteiger partial charge in [-0.1, -0.05) is 5.16 Å². The lowest BCUT2D eigenvalue weighted by atomic mass is 9.97. The van der Waals surface area contributed by atoms with E-state index < -0.39 is 0 Å². The molecule has 1 saturated carbocycles. The minimum atomic E-state index is 0.119. The maximum absolute atomic E-state index is 12.3. The molecule has 1 aliphatic heterocycles. The number of likely N-dealkylation sites (tertiary alicyclic amines) is 1. The van der Waals surface area contributed by atoms with Crippen LogP contribution in [-0.2, 0) is 4.79 Å². The number of methoxy groups -OCH3 is 1. The van der Waals surface area contributed by atoms with E-state index in [-0.39, 0.29) is 11.8 Å². The number of aromatic nitrogens is 3. The molecule has 2 aliphatic rings. The van der Waals surface area contributed by atoms with Gasteiger partial charge in [-0.05, 0) is 31.7 Å². The Labute approximate surface area is 140 Å². The largest absolute Gasteiger partial charge is 0.481 e. The zero-order chi connectivity index (χ0) is 16.5. The van der Waals surface area contributed by atoms with Gasteiger partial charge in [0.15, 0.2) is 0 Å². The quantitative estimate of drug-likeness (QED) is 0.856. The molecule has 0 radical (unpaired) electrons. The van der Waals surface area contributed by atoms with E-state index >= 15 is 0 Å². The van der Waals surface area contributed by atoms with Crippen molar-refractivity contribution in [3.63, 3.8) is 0 Å². The van der Waals surface area contributed by atoms with Gasteiger partial charge in [-0.3, -0.25) is 4.79 Å². The Hall–Kier alpha value is -2.44. The zero-order valence-electron chi connectivity index (χ0n) is 13.6. The van der Waals surface area contributed by atoms with E-state index in [1.807, 2.05) is 11.0 Å². The summed E-state index contributed by atoms with van der Waals surface area (Å²) in [4.78, 5) is 22.9. The first-order valence-electron chi connectivity index (χ1n) is 8.37. The van der Waals surface area contributed by atoms with Gasteiger partial charge in [-0.25, -0.2) is 4.98 Å². The van der Waals surface area contributed by atoms with Gasteiger partial charge in [0.1, 0.15) is 0 Å². The molecule has 7 nitrogen and oxygen atoms in total. The summed E-state index contributed by atoms with van der Waals surface area (Å²) in [5, 5.41) is 4.06. The van der Waals surface area contributed by atoms with Crippen LogP contribution in [0.5, 0.6) is 5.88 Å². The first-order valence-corrected chi connectivity index (χ1v) is 8.37. The van der Waals surface area contributed by atoms with Crippen molar-refractivity contribution in [3.05, 3.63) is 24.2 Å². The number of rotatable bonds is 4. The highest BCUT2D eigenvalue weighted by Crippen LogP contribution is 2.34. The normalized spacial score (nSPS) is 20.9. The van der Waals surface area contributed by atoms with E-state index in [1.54, 1.807) is 19.4 Å². The molecule has 0 bridgehead atoms. The summed E-state index contributed by atoms with van der Waals surface area (Å²) in [6.07, 6.45) is 5.68. The molecular weight excluding hydrogens is 308 g/mol. The lowest BCUT2D eigenvalue weighted by Crippen LogP contribution is -2.40. The van der Waals surface area contributed by atoms with E-state index in [0.717, 1.165) is 37.8 Å². The highest BCUT2D eigenvalue weighted by Gasteiger charge is 2.36. The van der Waals surface area contributed by atoms with E-state index in [1.165, 1.54) is 0 Å². The molecule has 7 heteroatoms. The summed E-state index contributed by atoms with van der Waals surface area (Å²) in [5.74, 6) is 2.34. The first kappa shape index (κ1) is 15.1. The van der Waals surface area contributed by atoms with E-state index in [0.29, 0.717) is 30.0 Å². The van der Waals surface area contributed by atoms with Crippen molar-refractivity contribution in [2.75, 3.05) is 20.2 Å². The molecule has 24 heavy (non-hydrogen) atoms. The number of hydrogen-bond donors (Lipinski definition) is 0. The molecule has 4 rings (SSSR count). The van der Waals surface area contributed by atoms with Crippen LogP contribution < -0.4 is 4.74 Å².